The molecule has 0 bridgehead atoms. The van der Waals surface area contributed by atoms with Gasteiger partial charge in [0.2, 0.25) is 0 Å². The third-order valence-electron chi connectivity index (χ3n) is 2.04. The second-order valence-electron chi connectivity index (χ2n) is 3.00. The molecule has 60 valence electrons. The molecule has 1 N–H and O–H groups in total. The third-order valence-corrected chi connectivity index (χ3v) is 2.04. The van der Waals surface area contributed by atoms with E-state index in [1.807, 2.05) is 0 Å². The van der Waals surface area contributed by atoms with Gasteiger partial charge in [0.05, 0.1) is 12.2 Å². The van der Waals surface area contributed by atoms with Gasteiger partial charge in [-0.3, -0.25) is 4.68 Å². The molecule has 1 aromatic heterocycles. The average molecular weight is 151 g/mol. The quantitative estimate of drug-likeness (QED) is 0.579. The van der Waals surface area contributed by atoms with E-state index in [2.05, 4.69) is 28.1 Å². The number of rotatable bonds is 0. The molecule has 1 aliphatic rings. The van der Waals surface area contributed by atoms with Crippen molar-refractivity contribution in [3.05, 3.63) is 17.5 Å². The normalized spacial score (nSPS) is 17.5. The molecule has 1 aromatic rings. The Kier molecular flexibility index (Phi) is 1.66. The fourth-order valence-electron chi connectivity index (χ4n) is 1.52. The highest BCUT2D eigenvalue weighted by atomic mass is 15.3. The summed E-state index contributed by atoms with van der Waals surface area (Å²) < 4.78 is 2.11. The van der Waals surface area contributed by atoms with Gasteiger partial charge in [-0.05, 0) is 13.0 Å². The minimum atomic E-state index is 1.02. The first-order valence-electron chi connectivity index (χ1n) is 4.10. The molecule has 0 fully saturated rings. The van der Waals surface area contributed by atoms with Crippen molar-refractivity contribution >= 4 is 0 Å². The Balaban J connectivity index is 2.32. The smallest absolute Gasteiger partial charge is 0.0596 e. The molecule has 0 amide bonds. The summed E-state index contributed by atoms with van der Waals surface area (Å²) in [5.41, 5.74) is 2.51. The van der Waals surface area contributed by atoms with Crippen LogP contribution in [0.5, 0.6) is 0 Å². The molecule has 0 unspecified atom stereocenters. The number of nitrogens with zero attached hydrogens (tertiary/aromatic N) is 2. The Morgan fingerprint density at radius 3 is 3.36 bits per heavy atom. The topological polar surface area (TPSA) is 29.9 Å². The van der Waals surface area contributed by atoms with Crippen molar-refractivity contribution in [1.29, 1.82) is 0 Å². The lowest BCUT2D eigenvalue weighted by Crippen LogP contribution is -2.17. The second-order valence-corrected chi connectivity index (χ2v) is 3.00. The van der Waals surface area contributed by atoms with Crippen LogP contribution in [0, 0.1) is 6.92 Å². The van der Waals surface area contributed by atoms with Gasteiger partial charge in [0.15, 0.2) is 0 Å². The van der Waals surface area contributed by atoms with Gasteiger partial charge in [-0.2, -0.15) is 5.10 Å². The van der Waals surface area contributed by atoms with Crippen LogP contribution >= 0.6 is 0 Å². The zero-order chi connectivity index (χ0) is 7.68. The van der Waals surface area contributed by atoms with E-state index in [-0.39, 0.29) is 0 Å². The number of aromatic nitrogens is 2. The molecule has 0 aromatic carbocycles. The molecular formula is C8H13N3. The van der Waals surface area contributed by atoms with Gasteiger partial charge in [0, 0.05) is 25.2 Å². The molecule has 3 nitrogen and oxygen atoms in total. The lowest BCUT2D eigenvalue weighted by Gasteiger charge is -1.98. The highest BCUT2D eigenvalue weighted by Crippen LogP contribution is 2.05. The Bertz CT molecular complexity index is 228. The highest BCUT2D eigenvalue weighted by Gasteiger charge is 2.07. The van der Waals surface area contributed by atoms with Gasteiger partial charge < -0.3 is 5.32 Å². The lowest BCUT2D eigenvalue weighted by atomic mass is 10.3. The van der Waals surface area contributed by atoms with Gasteiger partial charge in [0.25, 0.3) is 0 Å². The van der Waals surface area contributed by atoms with E-state index >= 15 is 0 Å². The molecule has 0 radical (unpaired) electrons. The summed E-state index contributed by atoms with van der Waals surface area (Å²) in [5, 5.41) is 7.73. The summed E-state index contributed by atoms with van der Waals surface area (Å²) in [4.78, 5) is 0. The largest absolute Gasteiger partial charge is 0.315 e. The minimum absolute atomic E-state index is 1.02. The number of hydrogen-bond donors (Lipinski definition) is 1. The number of fused-ring (bicyclic) bond motifs is 1. The summed E-state index contributed by atoms with van der Waals surface area (Å²) in [6, 6.07) is 2.17. The molecule has 0 saturated carbocycles. The van der Waals surface area contributed by atoms with Crippen molar-refractivity contribution in [2.45, 2.75) is 19.9 Å². The van der Waals surface area contributed by atoms with Crippen molar-refractivity contribution in [3.63, 3.8) is 0 Å². The summed E-state index contributed by atoms with van der Waals surface area (Å²) >= 11 is 0. The maximum absolute atomic E-state index is 4.39. The van der Waals surface area contributed by atoms with Crippen LogP contribution in [-0.2, 0) is 13.0 Å². The standard InChI is InChI=1S/C8H13N3/c1-7-6-8-2-3-9-4-5-11(8)10-7/h6,9H,2-5H2,1H3. The fourth-order valence-corrected chi connectivity index (χ4v) is 1.52. The van der Waals surface area contributed by atoms with Gasteiger partial charge >= 0.3 is 0 Å². The van der Waals surface area contributed by atoms with Gasteiger partial charge in [-0.1, -0.05) is 0 Å². The first-order chi connectivity index (χ1) is 5.36. The van der Waals surface area contributed by atoms with E-state index in [1.165, 1.54) is 5.69 Å². The molecule has 0 aliphatic carbocycles. The zero-order valence-electron chi connectivity index (χ0n) is 6.80. The maximum Gasteiger partial charge on any atom is 0.0596 e. The molecule has 2 heterocycles. The Morgan fingerprint density at radius 2 is 2.45 bits per heavy atom. The monoisotopic (exact) mass is 151 g/mol. The first-order valence-corrected chi connectivity index (χ1v) is 4.10. The van der Waals surface area contributed by atoms with E-state index in [4.69, 9.17) is 0 Å². The SMILES string of the molecule is Cc1cc2n(n1)CCNCC2. The maximum atomic E-state index is 4.39. The highest BCUT2D eigenvalue weighted by molar-refractivity contribution is 5.10. The molecule has 0 spiro atoms. The number of aryl methyl sites for hydroxylation is 1. The number of hydrogen-bond acceptors (Lipinski definition) is 2. The van der Waals surface area contributed by atoms with Crippen LogP contribution in [0.3, 0.4) is 0 Å². The molecule has 0 saturated heterocycles. The van der Waals surface area contributed by atoms with E-state index in [1.54, 1.807) is 0 Å². The van der Waals surface area contributed by atoms with Gasteiger partial charge in [-0.15, -0.1) is 0 Å². The van der Waals surface area contributed by atoms with Crippen molar-refractivity contribution in [2.24, 2.45) is 0 Å². The molecule has 0 atom stereocenters. The Labute approximate surface area is 66.4 Å². The molecule has 11 heavy (non-hydrogen) atoms. The van der Waals surface area contributed by atoms with Crippen molar-refractivity contribution in [2.75, 3.05) is 13.1 Å². The van der Waals surface area contributed by atoms with Crippen molar-refractivity contribution in [1.82, 2.24) is 15.1 Å². The van der Waals surface area contributed by atoms with Crippen LogP contribution in [0.25, 0.3) is 0 Å². The summed E-state index contributed by atoms with van der Waals surface area (Å²) in [7, 11) is 0. The summed E-state index contributed by atoms with van der Waals surface area (Å²) in [5.74, 6) is 0. The van der Waals surface area contributed by atoms with E-state index in [9.17, 15) is 0 Å². The molecule has 2 rings (SSSR count). The van der Waals surface area contributed by atoms with Crippen molar-refractivity contribution in [3.8, 4) is 0 Å². The molecule has 1 aliphatic heterocycles. The Morgan fingerprint density at radius 1 is 1.55 bits per heavy atom. The summed E-state index contributed by atoms with van der Waals surface area (Å²) in [6.45, 7) is 5.21. The zero-order valence-corrected chi connectivity index (χ0v) is 6.80. The minimum Gasteiger partial charge on any atom is -0.315 e. The van der Waals surface area contributed by atoms with Crippen LogP contribution in [0.1, 0.15) is 11.4 Å². The number of nitrogens with one attached hydrogen (secondary N) is 1. The van der Waals surface area contributed by atoms with Crippen molar-refractivity contribution < 1.29 is 0 Å². The van der Waals surface area contributed by atoms with E-state index in [0.717, 1.165) is 31.7 Å². The predicted octanol–water partition coefficient (Wildman–Crippen LogP) is 0.337. The van der Waals surface area contributed by atoms with Gasteiger partial charge in [-0.25, -0.2) is 0 Å². The average Bonchev–Trinajstić information content (AvgIpc) is 2.17. The van der Waals surface area contributed by atoms with E-state index < -0.39 is 0 Å². The second kappa shape index (κ2) is 2.66. The summed E-state index contributed by atoms with van der Waals surface area (Å²) in [6.07, 6.45) is 1.11. The van der Waals surface area contributed by atoms with E-state index in [0.29, 0.717) is 0 Å². The van der Waals surface area contributed by atoms with Crippen LogP contribution in [-0.4, -0.2) is 22.9 Å². The van der Waals surface area contributed by atoms with Crippen LogP contribution in [0.4, 0.5) is 0 Å². The van der Waals surface area contributed by atoms with Crippen LogP contribution < -0.4 is 5.32 Å². The van der Waals surface area contributed by atoms with Crippen LogP contribution in [0.15, 0.2) is 6.07 Å². The predicted molar refractivity (Wildman–Crippen MR) is 43.5 cm³/mol. The fraction of sp³-hybridized carbons (Fsp3) is 0.625. The molecule has 3 heteroatoms. The third kappa shape index (κ3) is 1.28. The lowest BCUT2D eigenvalue weighted by molar-refractivity contribution is 0.585. The van der Waals surface area contributed by atoms with Gasteiger partial charge in [0.1, 0.15) is 0 Å². The Hall–Kier alpha value is -0.830. The van der Waals surface area contributed by atoms with Crippen LogP contribution in [0.2, 0.25) is 0 Å². The first kappa shape index (κ1) is 6.85. The molecular weight excluding hydrogens is 138 g/mol.